The van der Waals surface area contributed by atoms with E-state index in [9.17, 15) is 0 Å². The molecule has 19 heavy (non-hydrogen) atoms. The van der Waals surface area contributed by atoms with Gasteiger partial charge in [-0.15, -0.1) is 0 Å². The van der Waals surface area contributed by atoms with E-state index in [1.807, 2.05) is 30.3 Å². The van der Waals surface area contributed by atoms with E-state index in [-0.39, 0.29) is 6.61 Å². The Bertz CT molecular complexity index is 406. The molecule has 0 aliphatic rings. The molecule has 0 aliphatic heterocycles. The van der Waals surface area contributed by atoms with E-state index in [1.165, 1.54) is 12.0 Å². The molecule has 3 heteroatoms. The maximum absolute atomic E-state index is 8.46. The standard InChI is InChI=1S/C16H24N2O/c1-12(2)11-13(3)18-14(4)15-5-7-16(8-6-15)19-10-9-17/h5-8,12-14,18H,10-11H2,1-4H3. The average Bonchev–Trinajstić information content (AvgIpc) is 2.35. The number of rotatable bonds is 7. The van der Waals surface area contributed by atoms with E-state index >= 15 is 0 Å². The van der Waals surface area contributed by atoms with Crippen molar-refractivity contribution >= 4 is 0 Å². The van der Waals surface area contributed by atoms with E-state index in [0.29, 0.717) is 18.0 Å². The van der Waals surface area contributed by atoms with Crippen LogP contribution in [0.15, 0.2) is 24.3 Å². The lowest BCUT2D eigenvalue weighted by molar-refractivity contribution is 0.367. The molecule has 0 fully saturated rings. The Morgan fingerprint density at radius 2 is 1.79 bits per heavy atom. The van der Waals surface area contributed by atoms with Crippen molar-refractivity contribution in [3.05, 3.63) is 29.8 Å². The highest BCUT2D eigenvalue weighted by atomic mass is 16.5. The van der Waals surface area contributed by atoms with Crippen molar-refractivity contribution in [3.8, 4) is 11.8 Å². The molecule has 1 rings (SSSR count). The molecule has 1 N–H and O–H groups in total. The van der Waals surface area contributed by atoms with Crippen LogP contribution in [0.25, 0.3) is 0 Å². The van der Waals surface area contributed by atoms with Crippen molar-refractivity contribution in [3.63, 3.8) is 0 Å². The summed E-state index contributed by atoms with van der Waals surface area (Å²) < 4.78 is 5.24. The van der Waals surface area contributed by atoms with Crippen LogP contribution >= 0.6 is 0 Å². The maximum Gasteiger partial charge on any atom is 0.174 e. The van der Waals surface area contributed by atoms with Crippen molar-refractivity contribution in [1.29, 1.82) is 5.26 Å². The van der Waals surface area contributed by atoms with Gasteiger partial charge in [-0.25, -0.2) is 0 Å². The highest BCUT2D eigenvalue weighted by molar-refractivity contribution is 5.29. The summed E-state index contributed by atoms with van der Waals surface area (Å²) in [5.74, 6) is 1.45. The van der Waals surface area contributed by atoms with Crippen LogP contribution in [-0.2, 0) is 0 Å². The first-order valence-corrected chi connectivity index (χ1v) is 6.88. The Morgan fingerprint density at radius 1 is 1.16 bits per heavy atom. The van der Waals surface area contributed by atoms with Crippen LogP contribution in [0, 0.1) is 17.2 Å². The SMILES string of the molecule is CC(C)CC(C)NC(C)c1ccc(OCC#N)cc1. The molecule has 104 valence electrons. The molecular formula is C16H24N2O. The predicted molar refractivity (Wildman–Crippen MR) is 78.0 cm³/mol. The smallest absolute Gasteiger partial charge is 0.174 e. The van der Waals surface area contributed by atoms with Crippen LogP contribution in [0.3, 0.4) is 0 Å². The van der Waals surface area contributed by atoms with Crippen LogP contribution in [0.5, 0.6) is 5.75 Å². The summed E-state index contributed by atoms with van der Waals surface area (Å²) in [5, 5.41) is 12.1. The van der Waals surface area contributed by atoms with Gasteiger partial charge in [-0.2, -0.15) is 5.26 Å². The molecule has 0 aliphatic carbocycles. The number of ether oxygens (including phenoxy) is 1. The average molecular weight is 260 g/mol. The molecule has 2 unspecified atom stereocenters. The van der Waals surface area contributed by atoms with Crippen LogP contribution in [0.4, 0.5) is 0 Å². The van der Waals surface area contributed by atoms with Crippen LogP contribution in [0.1, 0.15) is 45.7 Å². The summed E-state index contributed by atoms with van der Waals surface area (Å²) >= 11 is 0. The fourth-order valence-corrected chi connectivity index (χ4v) is 2.27. The first-order chi connectivity index (χ1) is 9.02. The van der Waals surface area contributed by atoms with Gasteiger partial charge in [0, 0.05) is 12.1 Å². The quantitative estimate of drug-likeness (QED) is 0.813. The van der Waals surface area contributed by atoms with Gasteiger partial charge in [0.15, 0.2) is 6.61 Å². The second kappa shape index (κ2) is 7.81. The van der Waals surface area contributed by atoms with E-state index in [2.05, 4.69) is 33.0 Å². The molecule has 0 amide bonds. The van der Waals surface area contributed by atoms with Gasteiger partial charge in [0.05, 0.1) is 0 Å². The number of nitrogens with one attached hydrogen (secondary N) is 1. The topological polar surface area (TPSA) is 45.0 Å². The zero-order valence-electron chi connectivity index (χ0n) is 12.3. The third kappa shape index (κ3) is 5.76. The Morgan fingerprint density at radius 3 is 2.32 bits per heavy atom. The normalized spacial score (nSPS) is 13.9. The third-order valence-electron chi connectivity index (χ3n) is 3.04. The van der Waals surface area contributed by atoms with Crippen molar-refractivity contribution in [2.45, 2.75) is 46.2 Å². The molecule has 0 radical (unpaired) electrons. The largest absolute Gasteiger partial charge is 0.479 e. The first-order valence-electron chi connectivity index (χ1n) is 6.88. The lowest BCUT2D eigenvalue weighted by Gasteiger charge is -2.22. The van der Waals surface area contributed by atoms with Crippen molar-refractivity contribution in [2.24, 2.45) is 5.92 Å². The molecule has 2 atom stereocenters. The second-order valence-corrected chi connectivity index (χ2v) is 5.43. The summed E-state index contributed by atoms with van der Waals surface area (Å²) in [7, 11) is 0. The zero-order valence-corrected chi connectivity index (χ0v) is 12.3. The summed E-state index contributed by atoms with van der Waals surface area (Å²) in [6.45, 7) is 8.97. The van der Waals surface area contributed by atoms with Gasteiger partial charge in [-0.05, 0) is 43.9 Å². The van der Waals surface area contributed by atoms with E-state index in [0.717, 1.165) is 5.75 Å². The fourth-order valence-electron chi connectivity index (χ4n) is 2.27. The van der Waals surface area contributed by atoms with Crippen LogP contribution < -0.4 is 10.1 Å². The van der Waals surface area contributed by atoms with Crippen LogP contribution in [-0.4, -0.2) is 12.6 Å². The van der Waals surface area contributed by atoms with Gasteiger partial charge in [-0.1, -0.05) is 26.0 Å². The summed E-state index contributed by atoms with van der Waals surface area (Å²) in [4.78, 5) is 0. The van der Waals surface area contributed by atoms with E-state index < -0.39 is 0 Å². The number of benzene rings is 1. The van der Waals surface area contributed by atoms with Gasteiger partial charge in [0.25, 0.3) is 0 Å². The van der Waals surface area contributed by atoms with Crippen molar-refractivity contribution < 1.29 is 4.74 Å². The molecule has 0 spiro atoms. The maximum atomic E-state index is 8.46. The minimum Gasteiger partial charge on any atom is -0.479 e. The van der Waals surface area contributed by atoms with Gasteiger partial charge in [0.2, 0.25) is 0 Å². The monoisotopic (exact) mass is 260 g/mol. The molecule has 0 heterocycles. The molecule has 1 aromatic rings. The van der Waals surface area contributed by atoms with Gasteiger partial charge < -0.3 is 10.1 Å². The molecule has 0 saturated heterocycles. The molecule has 0 aromatic heterocycles. The van der Waals surface area contributed by atoms with Crippen molar-refractivity contribution in [1.82, 2.24) is 5.32 Å². The molecule has 3 nitrogen and oxygen atoms in total. The highest BCUT2D eigenvalue weighted by Gasteiger charge is 2.10. The predicted octanol–water partition coefficient (Wildman–Crippen LogP) is 3.67. The van der Waals surface area contributed by atoms with Gasteiger partial charge in [-0.3, -0.25) is 0 Å². The molecule has 1 aromatic carbocycles. The van der Waals surface area contributed by atoms with Crippen molar-refractivity contribution in [2.75, 3.05) is 6.61 Å². The van der Waals surface area contributed by atoms with E-state index in [4.69, 9.17) is 10.00 Å². The fraction of sp³-hybridized carbons (Fsp3) is 0.562. The number of hydrogen-bond donors (Lipinski definition) is 1. The molecule has 0 bridgehead atoms. The lowest BCUT2D eigenvalue weighted by atomic mass is 10.0. The summed E-state index contributed by atoms with van der Waals surface area (Å²) in [6.07, 6.45) is 1.17. The highest BCUT2D eigenvalue weighted by Crippen LogP contribution is 2.19. The minimum atomic E-state index is 0.0958. The first kappa shape index (κ1) is 15.5. The van der Waals surface area contributed by atoms with Gasteiger partial charge >= 0.3 is 0 Å². The Hall–Kier alpha value is -1.53. The zero-order chi connectivity index (χ0) is 14.3. The van der Waals surface area contributed by atoms with Crippen LogP contribution in [0.2, 0.25) is 0 Å². The summed E-state index contributed by atoms with van der Waals surface area (Å²) in [5.41, 5.74) is 1.24. The number of hydrogen-bond acceptors (Lipinski definition) is 3. The lowest BCUT2D eigenvalue weighted by Crippen LogP contribution is -2.30. The third-order valence-corrected chi connectivity index (χ3v) is 3.04. The molecule has 0 saturated carbocycles. The number of nitrogens with zero attached hydrogens (tertiary/aromatic N) is 1. The Labute approximate surface area is 116 Å². The minimum absolute atomic E-state index is 0.0958. The Balaban J connectivity index is 2.53. The molecular weight excluding hydrogens is 236 g/mol. The van der Waals surface area contributed by atoms with Gasteiger partial charge in [0.1, 0.15) is 11.8 Å². The Kier molecular flexibility index (Phi) is 6.38. The number of nitriles is 1. The van der Waals surface area contributed by atoms with E-state index in [1.54, 1.807) is 0 Å². The second-order valence-electron chi connectivity index (χ2n) is 5.43. The summed E-state index contributed by atoms with van der Waals surface area (Å²) in [6, 6.07) is 10.7.